The maximum absolute atomic E-state index is 4.40. The van der Waals surface area contributed by atoms with Gasteiger partial charge in [0.05, 0.1) is 5.69 Å². The van der Waals surface area contributed by atoms with E-state index in [2.05, 4.69) is 31.1 Å². The number of hydrogen-bond acceptors (Lipinski definition) is 3. The molecular weight excluding hydrogens is 156 g/mol. The predicted molar refractivity (Wildman–Crippen MR) is 49.0 cm³/mol. The van der Waals surface area contributed by atoms with Crippen LogP contribution in [0.5, 0.6) is 0 Å². The second kappa shape index (κ2) is 3.83. The lowest BCUT2D eigenvalue weighted by atomic mass is 10.4. The molecule has 1 aromatic rings. The molecule has 0 saturated heterocycles. The maximum Gasteiger partial charge on any atom is 0.107 e. The fourth-order valence-electron chi connectivity index (χ4n) is 0.847. The smallest absolute Gasteiger partial charge is 0.107 e. The molecule has 0 aromatic carbocycles. The largest absolute Gasteiger partial charge is 0.311 e. The molecule has 0 fully saturated rings. The molecule has 0 aliphatic carbocycles. The summed E-state index contributed by atoms with van der Waals surface area (Å²) in [5.74, 6) is 0. The normalized spacial score (nSPS) is 10.5. The van der Waals surface area contributed by atoms with Crippen LogP contribution in [0.1, 0.15) is 22.5 Å². The van der Waals surface area contributed by atoms with Crippen molar-refractivity contribution < 1.29 is 0 Å². The number of nitrogens with zero attached hydrogens (tertiary/aromatic N) is 1. The molecule has 0 saturated carbocycles. The van der Waals surface area contributed by atoms with Gasteiger partial charge in [-0.3, -0.25) is 0 Å². The van der Waals surface area contributed by atoms with Gasteiger partial charge in [0.15, 0.2) is 0 Å². The van der Waals surface area contributed by atoms with Crippen molar-refractivity contribution in [3.8, 4) is 0 Å². The highest BCUT2D eigenvalue weighted by atomic mass is 32.1. The van der Waals surface area contributed by atoms with Gasteiger partial charge < -0.3 is 5.32 Å². The van der Waals surface area contributed by atoms with Crippen LogP contribution in [0.25, 0.3) is 0 Å². The van der Waals surface area contributed by atoms with Crippen LogP contribution < -0.4 is 5.32 Å². The van der Waals surface area contributed by atoms with Gasteiger partial charge in [0.25, 0.3) is 0 Å². The summed E-state index contributed by atoms with van der Waals surface area (Å²) in [7, 11) is 0. The zero-order chi connectivity index (χ0) is 8.27. The maximum atomic E-state index is 4.40. The predicted octanol–water partition coefficient (Wildman–Crippen LogP) is 1.87. The van der Waals surface area contributed by atoms with Gasteiger partial charge in [0.1, 0.15) is 5.01 Å². The monoisotopic (exact) mass is 170 g/mol. The van der Waals surface area contributed by atoms with E-state index in [1.54, 1.807) is 11.3 Å². The molecule has 3 heteroatoms. The van der Waals surface area contributed by atoms with Crippen molar-refractivity contribution in [2.24, 2.45) is 0 Å². The Hall–Kier alpha value is -0.410. The number of hydrogen-bond donors (Lipinski definition) is 1. The number of thiazole rings is 1. The third kappa shape index (κ3) is 2.27. The highest BCUT2D eigenvalue weighted by molar-refractivity contribution is 7.11. The van der Waals surface area contributed by atoms with E-state index >= 15 is 0 Å². The fraction of sp³-hybridized carbons (Fsp3) is 0.625. The molecule has 0 amide bonds. The van der Waals surface area contributed by atoms with Gasteiger partial charge in [0.2, 0.25) is 0 Å². The standard InChI is InChI=1S/C8H14N2S/c1-4-9-5-8-10-6(2)7(3)11-8/h9H,4-5H2,1-3H3. The Morgan fingerprint density at radius 1 is 1.45 bits per heavy atom. The summed E-state index contributed by atoms with van der Waals surface area (Å²) < 4.78 is 0. The summed E-state index contributed by atoms with van der Waals surface area (Å²) in [6.45, 7) is 8.20. The third-order valence-corrected chi connectivity index (χ3v) is 2.67. The summed E-state index contributed by atoms with van der Waals surface area (Å²) in [6, 6.07) is 0. The van der Waals surface area contributed by atoms with Crippen LogP contribution in [-0.4, -0.2) is 11.5 Å². The molecule has 11 heavy (non-hydrogen) atoms. The molecule has 0 unspecified atom stereocenters. The van der Waals surface area contributed by atoms with Gasteiger partial charge in [-0.2, -0.15) is 0 Å². The van der Waals surface area contributed by atoms with Crippen molar-refractivity contribution in [2.75, 3.05) is 6.54 Å². The second-order valence-corrected chi connectivity index (χ2v) is 3.82. The molecule has 1 aromatic heterocycles. The van der Waals surface area contributed by atoms with E-state index in [1.807, 2.05) is 0 Å². The van der Waals surface area contributed by atoms with E-state index in [9.17, 15) is 0 Å². The molecule has 1 heterocycles. The minimum absolute atomic E-state index is 0.913. The lowest BCUT2D eigenvalue weighted by Gasteiger charge is -1.94. The molecule has 0 atom stereocenters. The Bertz CT molecular complexity index is 210. The van der Waals surface area contributed by atoms with Gasteiger partial charge in [-0.05, 0) is 20.4 Å². The Balaban J connectivity index is 2.58. The van der Waals surface area contributed by atoms with Crippen LogP contribution in [-0.2, 0) is 6.54 Å². The molecule has 2 nitrogen and oxygen atoms in total. The molecule has 0 spiro atoms. The lowest BCUT2D eigenvalue weighted by Crippen LogP contribution is -2.11. The number of aromatic nitrogens is 1. The third-order valence-electron chi connectivity index (χ3n) is 1.60. The van der Waals surface area contributed by atoms with Crippen LogP contribution in [0.15, 0.2) is 0 Å². The van der Waals surface area contributed by atoms with Gasteiger partial charge in [-0.1, -0.05) is 6.92 Å². The van der Waals surface area contributed by atoms with Crippen molar-refractivity contribution in [1.82, 2.24) is 10.3 Å². The molecule has 0 radical (unpaired) electrons. The van der Waals surface area contributed by atoms with E-state index in [-0.39, 0.29) is 0 Å². The van der Waals surface area contributed by atoms with E-state index in [1.165, 1.54) is 15.6 Å². The zero-order valence-electron chi connectivity index (χ0n) is 7.27. The van der Waals surface area contributed by atoms with Gasteiger partial charge in [-0.25, -0.2) is 4.98 Å². The number of aryl methyl sites for hydroxylation is 2. The Labute approximate surface area is 71.7 Å². The van der Waals surface area contributed by atoms with Crippen LogP contribution >= 0.6 is 11.3 Å². The van der Waals surface area contributed by atoms with Gasteiger partial charge in [0, 0.05) is 11.4 Å². The quantitative estimate of drug-likeness (QED) is 0.749. The summed E-state index contributed by atoms with van der Waals surface area (Å²) >= 11 is 1.78. The molecule has 0 aliphatic heterocycles. The van der Waals surface area contributed by atoms with E-state index in [4.69, 9.17) is 0 Å². The minimum atomic E-state index is 0.913. The summed E-state index contributed by atoms with van der Waals surface area (Å²) in [5, 5.41) is 4.45. The van der Waals surface area contributed by atoms with E-state index < -0.39 is 0 Å². The Kier molecular flexibility index (Phi) is 3.02. The SMILES string of the molecule is CCNCc1nc(C)c(C)s1. The van der Waals surface area contributed by atoms with Crippen LogP contribution in [0.2, 0.25) is 0 Å². The topological polar surface area (TPSA) is 24.9 Å². The molecular formula is C8H14N2S. The minimum Gasteiger partial charge on any atom is -0.311 e. The number of rotatable bonds is 3. The van der Waals surface area contributed by atoms with Crippen molar-refractivity contribution in [3.05, 3.63) is 15.6 Å². The molecule has 1 N–H and O–H groups in total. The first-order valence-corrected chi connectivity index (χ1v) is 4.69. The molecule has 1 rings (SSSR count). The first kappa shape index (κ1) is 8.68. The average molecular weight is 170 g/mol. The first-order valence-electron chi connectivity index (χ1n) is 3.87. The van der Waals surface area contributed by atoms with E-state index in [0.29, 0.717) is 0 Å². The first-order chi connectivity index (χ1) is 5.24. The van der Waals surface area contributed by atoms with Gasteiger partial charge in [-0.15, -0.1) is 11.3 Å². The van der Waals surface area contributed by atoms with Crippen LogP contribution in [0.4, 0.5) is 0 Å². The molecule has 62 valence electrons. The highest BCUT2D eigenvalue weighted by Gasteiger charge is 2.01. The fourth-order valence-corrected chi connectivity index (χ4v) is 1.75. The zero-order valence-corrected chi connectivity index (χ0v) is 8.09. The van der Waals surface area contributed by atoms with Crippen molar-refractivity contribution in [1.29, 1.82) is 0 Å². The Morgan fingerprint density at radius 2 is 2.18 bits per heavy atom. The van der Waals surface area contributed by atoms with Crippen molar-refractivity contribution in [2.45, 2.75) is 27.3 Å². The molecule has 0 aliphatic rings. The summed E-state index contributed by atoms with van der Waals surface area (Å²) in [6.07, 6.45) is 0. The number of nitrogens with one attached hydrogen (secondary N) is 1. The van der Waals surface area contributed by atoms with Crippen molar-refractivity contribution >= 4 is 11.3 Å². The highest BCUT2D eigenvalue weighted by Crippen LogP contribution is 2.15. The summed E-state index contributed by atoms with van der Waals surface area (Å²) in [5.41, 5.74) is 1.17. The summed E-state index contributed by atoms with van der Waals surface area (Å²) in [4.78, 5) is 5.74. The van der Waals surface area contributed by atoms with Gasteiger partial charge >= 0.3 is 0 Å². The Morgan fingerprint density at radius 3 is 2.64 bits per heavy atom. The lowest BCUT2D eigenvalue weighted by molar-refractivity contribution is 0.721. The average Bonchev–Trinajstić information content (AvgIpc) is 2.28. The molecule has 0 bridgehead atoms. The van der Waals surface area contributed by atoms with Crippen LogP contribution in [0.3, 0.4) is 0 Å². The van der Waals surface area contributed by atoms with Crippen molar-refractivity contribution in [3.63, 3.8) is 0 Å². The van der Waals surface area contributed by atoms with Crippen LogP contribution in [0, 0.1) is 13.8 Å². The van der Waals surface area contributed by atoms with E-state index in [0.717, 1.165) is 13.1 Å². The second-order valence-electron chi connectivity index (χ2n) is 2.53.